The topological polar surface area (TPSA) is 47.4 Å². The number of benzene rings is 1. The predicted octanol–water partition coefficient (Wildman–Crippen LogP) is 3.02. The average Bonchev–Trinajstić information content (AvgIpc) is 2.99. The van der Waals surface area contributed by atoms with Gasteiger partial charge in [0.25, 0.3) is 5.91 Å². The van der Waals surface area contributed by atoms with Gasteiger partial charge in [0.15, 0.2) is 5.69 Å². The molecule has 0 aliphatic carbocycles. The summed E-state index contributed by atoms with van der Waals surface area (Å²) in [6.07, 6.45) is 2.74. The Morgan fingerprint density at radius 2 is 2.12 bits per heavy atom. The van der Waals surface area contributed by atoms with E-state index in [-0.39, 0.29) is 11.7 Å². The Labute approximate surface area is 147 Å². The summed E-state index contributed by atoms with van der Waals surface area (Å²) in [6, 6.07) is 6.38. The van der Waals surface area contributed by atoms with E-state index >= 15 is 0 Å². The number of fused-ring (bicyclic) bond motifs is 1. The van der Waals surface area contributed by atoms with Gasteiger partial charge in [0, 0.05) is 31.3 Å². The van der Waals surface area contributed by atoms with Crippen LogP contribution in [0.2, 0.25) is 0 Å². The number of carbonyl (C=O) groups excluding carboxylic acids is 1. The fourth-order valence-corrected chi connectivity index (χ4v) is 3.05. The molecule has 0 bridgehead atoms. The van der Waals surface area contributed by atoms with Crippen LogP contribution in [0.1, 0.15) is 47.1 Å². The summed E-state index contributed by atoms with van der Waals surface area (Å²) in [5, 5.41) is 4.59. The standard InChI is InChI=1S/C19H24FN3O2/c1-3-4-10-22(2)19(24)18-16-13-25-11-9-17(16)23(21-18)12-14-5-7-15(20)8-6-14/h5-8H,3-4,9-13H2,1-2H3. The highest BCUT2D eigenvalue weighted by Crippen LogP contribution is 2.23. The molecule has 2 aromatic rings. The van der Waals surface area contributed by atoms with Crippen LogP contribution >= 0.6 is 0 Å². The summed E-state index contributed by atoms with van der Waals surface area (Å²) >= 11 is 0. The highest BCUT2D eigenvalue weighted by atomic mass is 19.1. The zero-order chi connectivity index (χ0) is 17.8. The molecule has 0 radical (unpaired) electrons. The first-order valence-electron chi connectivity index (χ1n) is 8.76. The van der Waals surface area contributed by atoms with Gasteiger partial charge in [0.1, 0.15) is 5.82 Å². The number of aromatic nitrogens is 2. The maximum Gasteiger partial charge on any atom is 0.274 e. The number of halogens is 1. The molecule has 1 aromatic carbocycles. The number of rotatable bonds is 6. The maximum atomic E-state index is 13.1. The van der Waals surface area contributed by atoms with Crippen molar-refractivity contribution in [2.75, 3.05) is 20.2 Å². The van der Waals surface area contributed by atoms with Crippen molar-refractivity contribution in [3.63, 3.8) is 0 Å². The first-order chi connectivity index (χ1) is 12.1. The Morgan fingerprint density at radius 3 is 2.84 bits per heavy atom. The highest BCUT2D eigenvalue weighted by molar-refractivity contribution is 5.93. The van der Waals surface area contributed by atoms with Crippen molar-refractivity contribution in [1.82, 2.24) is 14.7 Å². The molecule has 1 aliphatic heterocycles. The van der Waals surface area contributed by atoms with Crippen molar-refractivity contribution in [3.8, 4) is 0 Å². The largest absolute Gasteiger partial charge is 0.376 e. The van der Waals surface area contributed by atoms with Gasteiger partial charge < -0.3 is 9.64 Å². The van der Waals surface area contributed by atoms with E-state index in [2.05, 4.69) is 12.0 Å². The van der Waals surface area contributed by atoms with E-state index < -0.39 is 0 Å². The summed E-state index contributed by atoms with van der Waals surface area (Å²) in [6.45, 7) is 4.39. The molecule has 3 rings (SSSR count). The summed E-state index contributed by atoms with van der Waals surface area (Å²) in [7, 11) is 1.81. The number of nitrogens with zero attached hydrogens (tertiary/aromatic N) is 3. The van der Waals surface area contributed by atoms with Crippen molar-refractivity contribution >= 4 is 5.91 Å². The third-order valence-corrected chi connectivity index (χ3v) is 4.54. The van der Waals surface area contributed by atoms with Crippen LogP contribution < -0.4 is 0 Å². The molecule has 25 heavy (non-hydrogen) atoms. The minimum Gasteiger partial charge on any atom is -0.376 e. The Kier molecular flexibility index (Phi) is 5.48. The van der Waals surface area contributed by atoms with Crippen LogP contribution in [0, 0.1) is 5.82 Å². The number of amides is 1. The molecule has 0 spiro atoms. The molecule has 0 saturated heterocycles. The van der Waals surface area contributed by atoms with Gasteiger partial charge in [-0.05, 0) is 24.1 Å². The molecule has 2 heterocycles. The van der Waals surface area contributed by atoms with Crippen LogP contribution in [-0.2, 0) is 24.3 Å². The molecular weight excluding hydrogens is 321 g/mol. The van der Waals surface area contributed by atoms with Crippen LogP contribution in [0.5, 0.6) is 0 Å². The smallest absolute Gasteiger partial charge is 0.274 e. The molecule has 0 unspecified atom stereocenters. The molecular formula is C19H24FN3O2. The number of hydrogen-bond acceptors (Lipinski definition) is 3. The quantitative estimate of drug-likeness (QED) is 0.808. The lowest BCUT2D eigenvalue weighted by Crippen LogP contribution is -2.29. The number of unbranched alkanes of at least 4 members (excludes halogenated alkanes) is 1. The molecule has 0 N–H and O–H groups in total. The number of carbonyl (C=O) groups is 1. The van der Waals surface area contributed by atoms with Gasteiger partial charge in [-0.1, -0.05) is 25.5 Å². The Bertz CT molecular complexity index is 740. The minimum absolute atomic E-state index is 0.0620. The number of hydrogen-bond donors (Lipinski definition) is 0. The zero-order valence-electron chi connectivity index (χ0n) is 14.8. The fraction of sp³-hybridized carbons (Fsp3) is 0.474. The Morgan fingerprint density at radius 1 is 1.36 bits per heavy atom. The monoisotopic (exact) mass is 345 g/mol. The van der Waals surface area contributed by atoms with Gasteiger partial charge in [-0.15, -0.1) is 0 Å². The van der Waals surface area contributed by atoms with Gasteiger partial charge in [0.2, 0.25) is 0 Å². The molecule has 0 saturated carbocycles. The summed E-state index contributed by atoms with van der Waals surface area (Å²) in [4.78, 5) is 14.5. The van der Waals surface area contributed by atoms with E-state index in [0.29, 0.717) is 25.5 Å². The minimum atomic E-state index is -0.256. The first kappa shape index (κ1) is 17.6. The lowest BCUT2D eigenvalue weighted by atomic mass is 10.1. The first-order valence-corrected chi connectivity index (χ1v) is 8.76. The second kappa shape index (κ2) is 7.78. The Hall–Kier alpha value is -2.21. The van der Waals surface area contributed by atoms with E-state index in [9.17, 15) is 9.18 Å². The van der Waals surface area contributed by atoms with Crippen LogP contribution in [0.4, 0.5) is 4.39 Å². The number of ether oxygens (including phenoxy) is 1. The summed E-state index contributed by atoms with van der Waals surface area (Å²) < 4.78 is 20.5. The van der Waals surface area contributed by atoms with Gasteiger partial charge >= 0.3 is 0 Å². The zero-order valence-corrected chi connectivity index (χ0v) is 14.8. The van der Waals surface area contributed by atoms with Gasteiger partial charge in [0.05, 0.1) is 19.8 Å². The van der Waals surface area contributed by atoms with Gasteiger partial charge in [-0.2, -0.15) is 5.10 Å². The maximum absolute atomic E-state index is 13.1. The highest BCUT2D eigenvalue weighted by Gasteiger charge is 2.27. The van der Waals surface area contributed by atoms with Crippen molar-refractivity contribution in [3.05, 3.63) is 52.6 Å². The molecule has 6 heteroatoms. The molecule has 0 fully saturated rings. The third-order valence-electron chi connectivity index (χ3n) is 4.54. The summed E-state index contributed by atoms with van der Waals surface area (Å²) in [5.74, 6) is -0.318. The SMILES string of the molecule is CCCCN(C)C(=O)c1nn(Cc2ccc(F)cc2)c2c1COCC2. The van der Waals surface area contributed by atoms with E-state index in [4.69, 9.17) is 4.74 Å². The molecule has 5 nitrogen and oxygen atoms in total. The van der Waals surface area contributed by atoms with Gasteiger partial charge in [-0.3, -0.25) is 9.48 Å². The van der Waals surface area contributed by atoms with E-state index in [1.54, 1.807) is 17.0 Å². The third kappa shape index (κ3) is 3.90. The van der Waals surface area contributed by atoms with Crippen LogP contribution in [-0.4, -0.2) is 40.8 Å². The van der Waals surface area contributed by atoms with Crippen LogP contribution in [0.15, 0.2) is 24.3 Å². The second-order valence-electron chi connectivity index (χ2n) is 6.44. The Balaban J connectivity index is 1.88. The van der Waals surface area contributed by atoms with Crippen LogP contribution in [0.3, 0.4) is 0 Å². The lowest BCUT2D eigenvalue weighted by Gasteiger charge is -2.17. The molecule has 1 amide bonds. The van der Waals surface area contributed by atoms with E-state index in [1.165, 1.54) is 12.1 Å². The fourth-order valence-electron chi connectivity index (χ4n) is 3.05. The predicted molar refractivity (Wildman–Crippen MR) is 93.0 cm³/mol. The molecule has 134 valence electrons. The van der Waals surface area contributed by atoms with Crippen LogP contribution in [0.25, 0.3) is 0 Å². The van der Waals surface area contributed by atoms with Crippen molar-refractivity contribution in [1.29, 1.82) is 0 Å². The molecule has 0 atom stereocenters. The van der Waals surface area contributed by atoms with Crippen molar-refractivity contribution < 1.29 is 13.9 Å². The van der Waals surface area contributed by atoms with Crippen molar-refractivity contribution in [2.45, 2.75) is 39.3 Å². The van der Waals surface area contributed by atoms with E-state index in [1.807, 2.05) is 11.7 Å². The molecule has 1 aliphatic rings. The van der Waals surface area contributed by atoms with E-state index in [0.717, 1.165) is 42.6 Å². The average molecular weight is 345 g/mol. The normalized spacial score (nSPS) is 13.6. The molecule has 1 aromatic heterocycles. The lowest BCUT2D eigenvalue weighted by molar-refractivity contribution is 0.0772. The summed E-state index contributed by atoms with van der Waals surface area (Å²) in [5.41, 5.74) is 3.37. The second-order valence-corrected chi connectivity index (χ2v) is 6.44. The van der Waals surface area contributed by atoms with Crippen molar-refractivity contribution in [2.24, 2.45) is 0 Å². The van der Waals surface area contributed by atoms with Gasteiger partial charge in [-0.25, -0.2) is 4.39 Å².